The average molecular weight is 631 g/mol. The number of rotatable bonds is 20. The predicted molar refractivity (Wildman–Crippen MR) is 157 cm³/mol. The van der Waals surface area contributed by atoms with Gasteiger partial charge in [-0.1, -0.05) is 36.8 Å². The highest BCUT2D eigenvalue weighted by Crippen LogP contribution is 2.13. The molecule has 0 bridgehead atoms. The average Bonchev–Trinajstić information content (AvgIpc) is 3.25. The van der Waals surface area contributed by atoms with Crippen LogP contribution in [-0.2, 0) is 49.5 Å². The Bertz CT molecular complexity index is 1280. The van der Waals surface area contributed by atoms with Gasteiger partial charge in [-0.2, -0.15) is 0 Å². The Labute approximate surface area is 259 Å². The van der Waals surface area contributed by atoms with Crippen LogP contribution in [0.1, 0.15) is 38.2 Å². The Morgan fingerprint density at radius 1 is 0.822 bits per heavy atom. The van der Waals surface area contributed by atoms with Crippen molar-refractivity contribution in [2.45, 2.75) is 45.1 Å². The summed E-state index contributed by atoms with van der Waals surface area (Å²) in [6.45, 7) is -0.422. The molecule has 1 unspecified atom stereocenters. The third-order valence-corrected chi connectivity index (χ3v) is 6.32. The van der Waals surface area contributed by atoms with Crippen LogP contribution in [0.25, 0.3) is 0 Å². The van der Waals surface area contributed by atoms with Gasteiger partial charge in [0.15, 0.2) is 0 Å². The Balaban J connectivity index is 1.69. The minimum Gasteiger partial charge on any atom is -0.480 e. The highest BCUT2D eigenvalue weighted by atomic mass is 16.5. The lowest BCUT2D eigenvalue weighted by atomic mass is 10.1. The summed E-state index contributed by atoms with van der Waals surface area (Å²) < 4.78 is 4.70. The van der Waals surface area contributed by atoms with E-state index in [1.807, 2.05) is 0 Å². The standard InChI is InChI=1S/C29H38N6O10/c1-19-12-26(40)35(29(19)44)11-7-3-6-10-22(36)30-14-23(37)31-16-25(39)34-21(13-20-8-4-2-5-9-20)28(43)32-15-24(38)33-18-45-17-27(41)42/h2,4-5,8-9,12,21H,3,6-7,10-11,13-18H2,1H3,(H,30,36)(H,31,37)(H,32,43)(H,33,38)(H,34,39)(H,41,42). The molecule has 0 fully saturated rings. The predicted octanol–water partition coefficient (Wildman–Crippen LogP) is -1.89. The van der Waals surface area contributed by atoms with Crippen molar-refractivity contribution < 1.29 is 48.2 Å². The van der Waals surface area contributed by atoms with Crippen LogP contribution in [0, 0.1) is 0 Å². The second kappa shape index (κ2) is 19.2. The fourth-order valence-electron chi connectivity index (χ4n) is 4.02. The zero-order valence-electron chi connectivity index (χ0n) is 24.9. The molecule has 0 aromatic heterocycles. The number of hydrogen-bond acceptors (Lipinski definition) is 9. The van der Waals surface area contributed by atoms with Crippen LogP contribution in [0.5, 0.6) is 0 Å². The molecule has 1 atom stereocenters. The second-order valence-electron chi connectivity index (χ2n) is 10.0. The first kappa shape index (κ1) is 36.1. The van der Waals surface area contributed by atoms with Gasteiger partial charge in [0.05, 0.1) is 19.6 Å². The number of hydrogen-bond donors (Lipinski definition) is 6. The highest BCUT2D eigenvalue weighted by molar-refractivity contribution is 6.15. The van der Waals surface area contributed by atoms with Gasteiger partial charge in [0.25, 0.3) is 11.8 Å². The number of carboxylic acids is 1. The van der Waals surface area contributed by atoms with Gasteiger partial charge in [0.1, 0.15) is 19.4 Å². The molecule has 0 saturated heterocycles. The number of nitrogens with one attached hydrogen (secondary N) is 5. The molecule has 244 valence electrons. The van der Waals surface area contributed by atoms with Crippen LogP contribution in [0.4, 0.5) is 0 Å². The van der Waals surface area contributed by atoms with Crippen molar-refractivity contribution in [3.8, 4) is 0 Å². The largest absolute Gasteiger partial charge is 0.480 e. The zero-order valence-corrected chi connectivity index (χ0v) is 24.9. The maximum Gasteiger partial charge on any atom is 0.329 e. The lowest BCUT2D eigenvalue weighted by molar-refractivity contribution is -0.143. The van der Waals surface area contributed by atoms with E-state index in [9.17, 15) is 38.4 Å². The van der Waals surface area contributed by atoms with Crippen molar-refractivity contribution in [2.24, 2.45) is 0 Å². The number of carbonyl (C=O) groups excluding carboxylic acids is 7. The normalized spacial score (nSPS) is 13.0. The molecule has 1 aliphatic heterocycles. The van der Waals surface area contributed by atoms with Gasteiger partial charge in [-0.3, -0.25) is 38.5 Å². The molecule has 16 heteroatoms. The summed E-state index contributed by atoms with van der Waals surface area (Å²) in [4.78, 5) is 96.6. The van der Waals surface area contributed by atoms with Gasteiger partial charge in [-0.25, -0.2) is 4.79 Å². The molecule has 1 heterocycles. The highest BCUT2D eigenvalue weighted by Gasteiger charge is 2.27. The summed E-state index contributed by atoms with van der Waals surface area (Å²) in [5.41, 5.74) is 1.12. The summed E-state index contributed by atoms with van der Waals surface area (Å²) >= 11 is 0. The molecule has 16 nitrogen and oxygen atoms in total. The molecule has 7 amide bonds. The molecule has 0 saturated carbocycles. The Morgan fingerprint density at radius 2 is 1.47 bits per heavy atom. The molecule has 1 aromatic rings. The summed E-state index contributed by atoms with van der Waals surface area (Å²) in [7, 11) is 0. The molecular weight excluding hydrogens is 592 g/mol. The quantitative estimate of drug-likeness (QED) is 0.0533. The minimum absolute atomic E-state index is 0.0902. The summed E-state index contributed by atoms with van der Waals surface area (Å²) in [6, 6.07) is 7.69. The maximum atomic E-state index is 12.8. The van der Waals surface area contributed by atoms with Gasteiger partial charge in [0, 0.05) is 31.0 Å². The van der Waals surface area contributed by atoms with E-state index in [-0.39, 0.29) is 50.4 Å². The van der Waals surface area contributed by atoms with Crippen molar-refractivity contribution >= 4 is 47.3 Å². The van der Waals surface area contributed by atoms with Crippen molar-refractivity contribution in [1.29, 1.82) is 0 Å². The number of nitrogens with zero attached hydrogens (tertiary/aromatic N) is 1. The number of amides is 7. The van der Waals surface area contributed by atoms with Crippen LogP contribution < -0.4 is 26.6 Å². The van der Waals surface area contributed by atoms with Gasteiger partial charge in [0.2, 0.25) is 29.5 Å². The van der Waals surface area contributed by atoms with Gasteiger partial charge in [-0.15, -0.1) is 0 Å². The number of unbranched alkanes of at least 4 members (excludes halogenated alkanes) is 2. The van der Waals surface area contributed by atoms with Crippen molar-refractivity contribution in [1.82, 2.24) is 31.5 Å². The number of ether oxygens (including phenoxy) is 1. The van der Waals surface area contributed by atoms with Gasteiger partial charge >= 0.3 is 5.97 Å². The fourth-order valence-corrected chi connectivity index (χ4v) is 4.02. The summed E-state index contributed by atoms with van der Waals surface area (Å²) in [5.74, 6) is -4.85. The smallest absolute Gasteiger partial charge is 0.329 e. The van der Waals surface area contributed by atoms with E-state index in [0.717, 1.165) is 10.5 Å². The van der Waals surface area contributed by atoms with E-state index in [1.165, 1.54) is 6.08 Å². The lowest BCUT2D eigenvalue weighted by Gasteiger charge is -2.19. The Hall–Kier alpha value is -5.12. The van der Waals surface area contributed by atoms with E-state index in [0.29, 0.717) is 24.8 Å². The molecule has 1 aliphatic rings. The first-order valence-electron chi connectivity index (χ1n) is 14.2. The molecule has 6 N–H and O–H groups in total. The van der Waals surface area contributed by atoms with Crippen LogP contribution in [0.2, 0.25) is 0 Å². The number of carboxylic acid groups (broad SMARTS) is 1. The van der Waals surface area contributed by atoms with Crippen LogP contribution >= 0.6 is 0 Å². The third kappa shape index (κ3) is 14.3. The van der Waals surface area contributed by atoms with Crippen molar-refractivity contribution in [3.63, 3.8) is 0 Å². The van der Waals surface area contributed by atoms with Gasteiger partial charge < -0.3 is 36.4 Å². The van der Waals surface area contributed by atoms with E-state index in [2.05, 4.69) is 26.6 Å². The van der Waals surface area contributed by atoms with Crippen LogP contribution in [-0.4, -0.2) is 103 Å². The van der Waals surface area contributed by atoms with E-state index in [1.54, 1.807) is 37.3 Å². The van der Waals surface area contributed by atoms with Crippen molar-refractivity contribution in [2.75, 3.05) is 39.5 Å². The molecule has 1 aromatic carbocycles. The molecule has 0 spiro atoms. The lowest BCUT2D eigenvalue weighted by Crippen LogP contribution is -2.52. The van der Waals surface area contributed by atoms with E-state index in [4.69, 9.17) is 9.84 Å². The van der Waals surface area contributed by atoms with Crippen LogP contribution in [0.15, 0.2) is 42.0 Å². The van der Waals surface area contributed by atoms with Crippen LogP contribution in [0.3, 0.4) is 0 Å². The molecular formula is C29H38N6O10. The third-order valence-electron chi connectivity index (χ3n) is 6.32. The molecule has 2 rings (SSSR count). The number of imide groups is 1. The number of benzene rings is 1. The maximum absolute atomic E-state index is 12.8. The minimum atomic E-state index is -1.21. The number of carbonyl (C=O) groups is 8. The zero-order chi connectivity index (χ0) is 33.2. The molecule has 0 aliphatic carbocycles. The number of aliphatic carboxylic acids is 1. The van der Waals surface area contributed by atoms with E-state index >= 15 is 0 Å². The van der Waals surface area contributed by atoms with Crippen molar-refractivity contribution in [3.05, 3.63) is 47.5 Å². The first-order valence-corrected chi connectivity index (χ1v) is 14.2. The molecule has 0 radical (unpaired) electrons. The summed E-state index contributed by atoms with van der Waals surface area (Å²) in [6.07, 6.45) is 3.15. The monoisotopic (exact) mass is 630 g/mol. The SMILES string of the molecule is CC1=CC(=O)N(CCCCCC(=O)NCC(=O)NCC(=O)NC(Cc2ccccc2)C(=O)NCC(=O)NCOCC(=O)O)C1=O. The topological polar surface area (TPSA) is 229 Å². The van der Waals surface area contributed by atoms with Gasteiger partial charge in [-0.05, 0) is 25.3 Å². The van der Waals surface area contributed by atoms with E-state index < -0.39 is 55.3 Å². The summed E-state index contributed by atoms with van der Waals surface area (Å²) in [5, 5.41) is 20.5. The Kier molecular flexibility index (Phi) is 15.4. The second-order valence-corrected chi connectivity index (χ2v) is 10.0. The Morgan fingerprint density at radius 3 is 2.13 bits per heavy atom. The molecule has 45 heavy (non-hydrogen) atoms. The first-order chi connectivity index (χ1) is 21.5. The fraction of sp³-hybridized carbons (Fsp3) is 0.448.